The van der Waals surface area contributed by atoms with Gasteiger partial charge in [-0.2, -0.15) is 0 Å². The molecule has 10 rings (SSSR count). The molecule has 2 atom stereocenters. The average molecular weight is 746 g/mol. The topological polar surface area (TPSA) is 50.1 Å². The minimum atomic E-state index is -0.344. The standard InChI is InChI=1S/C55H43N3/c56-54(43-18-5-2-6-19-43)58-55(44-32-30-39(31-33-44)38-14-3-1-4-15-38)57-36-37-26-28-42(29-27-37)51-48-23-11-12-24-49(48)52(47-25-13-20-40-16-7-9-21-45(40)47)50-35-34-41-17-8-10-22-46(41)53(50)51/h1-35,54-55,57-58H,36,56H2. The van der Waals surface area contributed by atoms with Crippen molar-refractivity contribution in [1.82, 2.24) is 10.6 Å². The Hall–Kier alpha value is -6.88. The monoisotopic (exact) mass is 745 g/mol. The van der Waals surface area contributed by atoms with Gasteiger partial charge in [0.05, 0.1) is 12.3 Å². The average Bonchev–Trinajstić information content (AvgIpc) is 3.30. The van der Waals surface area contributed by atoms with Gasteiger partial charge in [0.15, 0.2) is 0 Å². The number of hydrogen-bond acceptors (Lipinski definition) is 3. The predicted octanol–water partition coefficient (Wildman–Crippen LogP) is 13.3. The number of nitrogens with one attached hydrogen (secondary N) is 2. The summed E-state index contributed by atoms with van der Waals surface area (Å²) in [6.45, 7) is 0.657. The van der Waals surface area contributed by atoms with E-state index >= 15 is 0 Å². The van der Waals surface area contributed by atoms with Crippen molar-refractivity contribution < 1.29 is 0 Å². The minimum absolute atomic E-state index is 0.180. The lowest BCUT2D eigenvalue weighted by Crippen LogP contribution is -2.39. The summed E-state index contributed by atoms with van der Waals surface area (Å²) < 4.78 is 0. The summed E-state index contributed by atoms with van der Waals surface area (Å²) in [5.41, 5.74) is 17.5. The van der Waals surface area contributed by atoms with Crippen LogP contribution in [0.25, 0.3) is 76.5 Å². The van der Waals surface area contributed by atoms with Gasteiger partial charge >= 0.3 is 0 Å². The van der Waals surface area contributed by atoms with Gasteiger partial charge in [0.25, 0.3) is 0 Å². The van der Waals surface area contributed by atoms with Crippen LogP contribution in [0.5, 0.6) is 0 Å². The maximum Gasteiger partial charge on any atom is 0.0852 e. The van der Waals surface area contributed by atoms with E-state index in [0.717, 1.165) is 11.1 Å². The van der Waals surface area contributed by atoms with Crippen LogP contribution in [0.3, 0.4) is 0 Å². The maximum absolute atomic E-state index is 6.76. The maximum atomic E-state index is 6.76. The highest BCUT2D eigenvalue weighted by molar-refractivity contribution is 6.29. The van der Waals surface area contributed by atoms with E-state index in [-0.39, 0.29) is 12.3 Å². The van der Waals surface area contributed by atoms with Gasteiger partial charge < -0.3 is 5.73 Å². The highest BCUT2D eigenvalue weighted by atomic mass is 15.2. The van der Waals surface area contributed by atoms with Gasteiger partial charge in [0, 0.05) is 6.54 Å². The Morgan fingerprint density at radius 2 is 0.931 bits per heavy atom. The molecule has 0 heterocycles. The van der Waals surface area contributed by atoms with E-state index in [4.69, 9.17) is 5.73 Å². The molecule has 0 bridgehead atoms. The number of fused-ring (bicyclic) bond motifs is 5. The van der Waals surface area contributed by atoms with Crippen molar-refractivity contribution in [2.24, 2.45) is 5.73 Å². The summed E-state index contributed by atoms with van der Waals surface area (Å²) in [5.74, 6) is 0. The Balaban J connectivity index is 1.04. The van der Waals surface area contributed by atoms with Crippen LogP contribution in [0.2, 0.25) is 0 Å². The fourth-order valence-electron chi connectivity index (χ4n) is 8.70. The SMILES string of the molecule is NC(NC(NCc1ccc(-c2c3ccccc3c(-c3cccc4ccccc34)c3ccc4ccccc4c23)cc1)c1ccc(-c2ccccc2)cc1)c1ccccc1. The molecule has 0 aliphatic rings. The number of rotatable bonds is 10. The predicted molar refractivity (Wildman–Crippen MR) is 245 cm³/mol. The molecule has 278 valence electrons. The van der Waals surface area contributed by atoms with Crippen LogP contribution >= 0.6 is 0 Å². The number of nitrogens with two attached hydrogens (primary N) is 1. The molecule has 2 unspecified atom stereocenters. The Kier molecular flexibility index (Phi) is 9.54. The zero-order valence-electron chi connectivity index (χ0n) is 32.1. The molecular weight excluding hydrogens is 703 g/mol. The fraction of sp³-hybridized carbons (Fsp3) is 0.0545. The Morgan fingerprint density at radius 3 is 1.66 bits per heavy atom. The van der Waals surface area contributed by atoms with Gasteiger partial charge in [-0.25, -0.2) is 0 Å². The summed E-state index contributed by atoms with van der Waals surface area (Å²) in [5, 5.41) is 17.5. The fourth-order valence-corrected chi connectivity index (χ4v) is 8.70. The molecule has 0 aromatic heterocycles. The number of benzene rings is 10. The molecular formula is C55H43N3. The molecule has 58 heavy (non-hydrogen) atoms. The number of hydrogen-bond donors (Lipinski definition) is 3. The Bertz CT molecular complexity index is 3020. The molecule has 0 spiro atoms. The van der Waals surface area contributed by atoms with Crippen LogP contribution in [-0.4, -0.2) is 0 Å². The van der Waals surface area contributed by atoms with E-state index in [1.807, 2.05) is 18.2 Å². The van der Waals surface area contributed by atoms with Crippen LogP contribution in [0.1, 0.15) is 29.0 Å². The van der Waals surface area contributed by atoms with E-state index in [1.165, 1.54) is 82.0 Å². The molecule has 0 amide bonds. The normalized spacial score (nSPS) is 12.6. The molecule has 4 N–H and O–H groups in total. The summed E-state index contributed by atoms with van der Waals surface area (Å²) in [4.78, 5) is 0. The van der Waals surface area contributed by atoms with Gasteiger partial charge in [-0.15, -0.1) is 0 Å². The third-order valence-corrected chi connectivity index (χ3v) is 11.6. The molecule has 3 heteroatoms. The van der Waals surface area contributed by atoms with Gasteiger partial charge in [-0.3, -0.25) is 10.6 Å². The summed E-state index contributed by atoms with van der Waals surface area (Å²) in [6, 6.07) is 76.4. The van der Waals surface area contributed by atoms with Crippen molar-refractivity contribution in [2.75, 3.05) is 0 Å². The molecule has 3 nitrogen and oxygen atoms in total. The molecule has 10 aromatic carbocycles. The lowest BCUT2D eigenvalue weighted by atomic mass is 9.83. The molecule has 0 aliphatic carbocycles. The zero-order valence-corrected chi connectivity index (χ0v) is 32.1. The van der Waals surface area contributed by atoms with Crippen molar-refractivity contribution in [3.63, 3.8) is 0 Å². The van der Waals surface area contributed by atoms with E-state index in [0.29, 0.717) is 6.54 Å². The third-order valence-electron chi connectivity index (χ3n) is 11.6. The smallest absolute Gasteiger partial charge is 0.0852 e. The van der Waals surface area contributed by atoms with Gasteiger partial charge in [-0.1, -0.05) is 212 Å². The molecule has 0 saturated carbocycles. The van der Waals surface area contributed by atoms with Gasteiger partial charge in [0.2, 0.25) is 0 Å². The highest BCUT2D eigenvalue weighted by Crippen LogP contribution is 2.47. The lowest BCUT2D eigenvalue weighted by molar-refractivity contribution is 0.386. The molecule has 0 saturated heterocycles. The Morgan fingerprint density at radius 1 is 0.379 bits per heavy atom. The van der Waals surface area contributed by atoms with E-state index in [9.17, 15) is 0 Å². The third kappa shape index (κ3) is 6.72. The van der Waals surface area contributed by atoms with Crippen molar-refractivity contribution in [3.8, 4) is 33.4 Å². The van der Waals surface area contributed by atoms with E-state index in [2.05, 4.69) is 205 Å². The molecule has 0 radical (unpaired) electrons. The second-order valence-corrected chi connectivity index (χ2v) is 15.1. The molecule has 10 aromatic rings. The summed E-state index contributed by atoms with van der Waals surface area (Å²) in [6.07, 6.45) is -0.524. The van der Waals surface area contributed by atoms with Gasteiger partial charge in [0.1, 0.15) is 0 Å². The largest absolute Gasteiger partial charge is 0.312 e. The second kappa shape index (κ2) is 15.6. The van der Waals surface area contributed by atoms with E-state index < -0.39 is 0 Å². The van der Waals surface area contributed by atoms with Crippen molar-refractivity contribution in [2.45, 2.75) is 18.9 Å². The Labute approximate surface area is 339 Å². The first-order valence-corrected chi connectivity index (χ1v) is 20.1. The quantitative estimate of drug-likeness (QED) is 0.0742. The summed E-state index contributed by atoms with van der Waals surface area (Å²) >= 11 is 0. The van der Waals surface area contributed by atoms with Crippen molar-refractivity contribution >= 4 is 43.1 Å². The highest BCUT2D eigenvalue weighted by Gasteiger charge is 2.20. The van der Waals surface area contributed by atoms with Crippen LogP contribution in [-0.2, 0) is 6.54 Å². The van der Waals surface area contributed by atoms with Crippen LogP contribution in [0.15, 0.2) is 212 Å². The second-order valence-electron chi connectivity index (χ2n) is 15.1. The van der Waals surface area contributed by atoms with Crippen LogP contribution < -0.4 is 16.4 Å². The van der Waals surface area contributed by atoms with E-state index in [1.54, 1.807) is 0 Å². The molecule has 0 aliphatic heterocycles. The first-order chi connectivity index (χ1) is 28.7. The van der Waals surface area contributed by atoms with Gasteiger partial charge in [-0.05, 0) is 93.2 Å². The molecule has 0 fully saturated rings. The zero-order chi connectivity index (χ0) is 38.8. The summed E-state index contributed by atoms with van der Waals surface area (Å²) in [7, 11) is 0. The first-order valence-electron chi connectivity index (χ1n) is 20.1. The van der Waals surface area contributed by atoms with Crippen LogP contribution in [0.4, 0.5) is 0 Å². The van der Waals surface area contributed by atoms with Crippen LogP contribution in [0, 0.1) is 0 Å². The van der Waals surface area contributed by atoms with Crippen molar-refractivity contribution in [3.05, 3.63) is 229 Å². The lowest BCUT2D eigenvalue weighted by Gasteiger charge is -2.25. The van der Waals surface area contributed by atoms with Crippen molar-refractivity contribution in [1.29, 1.82) is 0 Å². The minimum Gasteiger partial charge on any atom is -0.312 e. The first kappa shape index (κ1) is 35.5.